The van der Waals surface area contributed by atoms with E-state index >= 15 is 0 Å². The van der Waals surface area contributed by atoms with Crippen molar-refractivity contribution in [3.8, 4) is 0 Å². The van der Waals surface area contributed by atoms with Crippen LogP contribution in [-0.4, -0.2) is 14.9 Å². The van der Waals surface area contributed by atoms with Gasteiger partial charge in [0.2, 0.25) is 0 Å². The van der Waals surface area contributed by atoms with Gasteiger partial charge in [0.15, 0.2) is 0 Å². The molecule has 2 heteroatoms. The first-order valence-corrected chi connectivity index (χ1v) is 10.3. The van der Waals surface area contributed by atoms with E-state index in [0.29, 0.717) is 0 Å². The molecule has 0 bridgehead atoms. The SMILES string of the molecule is CC(C)CCCO[Si](C)(c1ccccc1)c1ccccc1. The summed E-state index contributed by atoms with van der Waals surface area (Å²) < 4.78 is 6.49. The average molecular weight is 299 g/mol. The van der Waals surface area contributed by atoms with Crippen molar-refractivity contribution in [3.63, 3.8) is 0 Å². The predicted octanol–water partition coefficient (Wildman–Crippen LogP) is 3.83. The van der Waals surface area contributed by atoms with Crippen LogP contribution < -0.4 is 10.4 Å². The third-order valence-electron chi connectivity index (χ3n) is 3.97. The molecule has 0 saturated carbocycles. The van der Waals surface area contributed by atoms with Crippen molar-refractivity contribution in [1.82, 2.24) is 0 Å². The molecule has 0 atom stereocenters. The Bertz CT molecular complexity index is 482. The van der Waals surface area contributed by atoms with Gasteiger partial charge < -0.3 is 4.43 Å². The Kier molecular flexibility index (Phi) is 5.77. The van der Waals surface area contributed by atoms with Crippen LogP contribution in [0.25, 0.3) is 0 Å². The summed E-state index contributed by atoms with van der Waals surface area (Å²) in [6.07, 6.45) is 2.37. The van der Waals surface area contributed by atoms with Crippen LogP contribution in [0.1, 0.15) is 26.7 Å². The van der Waals surface area contributed by atoms with Gasteiger partial charge in [0.05, 0.1) is 0 Å². The molecule has 21 heavy (non-hydrogen) atoms. The van der Waals surface area contributed by atoms with Crippen molar-refractivity contribution in [3.05, 3.63) is 60.7 Å². The highest BCUT2D eigenvalue weighted by molar-refractivity contribution is 6.96. The highest BCUT2D eigenvalue weighted by Crippen LogP contribution is 2.10. The molecular weight excluding hydrogens is 272 g/mol. The highest BCUT2D eigenvalue weighted by atomic mass is 28.4. The second-order valence-corrected chi connectivity index (χ2v) is 9.66. The fraction of sp³-hybridized carbons (Fsp3) is 0.368. The first-order chi connectivity index (χ1) is 10.1. The number of hydrogen-bond donors (Lipinski definition) is 0. The van der Waals surface area contributed by atoms with E-state index in [1.807, 2.05) is 0 Å². The lowest BCUT2D eigenvalue weighted by molar-refractivity contribution is 0.299. The van der Waals surface area contributed by atoms with Crippen LogP contribution in [0, 0.1) is 5.92 Å². The van der Waals surface area contributed by atoms with E-state index in [2.05, 4.69) is 81.1 Å². The zero-order valence-corrected chi connectivity index (χ0v) is 14.4. The maximum Gasteiger partial charge on any atom is 0.252 e. The van der Waals surface area contributed by atoms with Gasteiger partial charge in [0.1, 0.15) is 0 Å². The maximum absolute atomic E-state index is 6.49. The van der Waals surface area contributed by atoms with Crippen molar-refractivity contribution in [2.45, 2.75) is 33.2 Å². The predicted molar refractivity (Wildman–Crippen MR) is 93.8 cm³/mol. The Hall–Kier alpha value is -1.38. The molecule has 0 unspecified atom stereocenters. The van der Waals surface area contributed by atoms with E-state index in [0.717, 1.165) is 18.9 Å². The smallest absolute Gasteiger partial charge is 0.252 e. The van der Waals surface area contributed by atoms with Gasteiger partial charge in [-0.3, -0.25) is 0 Å². The molecule has 0 fully saturated rings. The van der Waals surface area contributed by atoms with Crippen LogP contribution in [0.2, 0.25) is 6.55 Å². The molecule has 2 aromatic carbocycles. The van der Waals surface area contributed by atoms with Crippen molar-refractivity contribution in [1.29, 1.82) is 0 Å². The average Bonchev–Trinajstić information content (AvgIpc) is 2.53. The number of hydrogen-bond acceptors (Lipinski definition) is 1. The first kappa shape index (κ1) is 16.0. The molecule has 0 aromatic heterocycles. The lowest BCUT2D eigenvalue weighted by Crippen LogP contribution is -2.58. The van der Waals surface area contributed by atoms with Crippen molar-refractivity contribution in [2.75, 3.05) is 6.61 Å². The summed E-state index contributed by atoms with van der Waals surface area (Å²) in [6, 6.07) is 21.4. The van der Waals surface area contributed by atoms with Gasteiger partial charge in [-0.25, -0.2) is 0 Å². The van der Waals surface area contributed by atoms with E-state index in [9.17, 15) is 0 Å². The molecule has 0 aliphatic rings. The minimum absolute atomic E-state index is 0.745. The van der Waals surface area contributed by atoms with Gasteiger partial charge in [-0.2, -0.15) is 0 Å². The zero-order valence-electron chi connectivity index (χ0n) is 13.4. The van der Waals surface area contributed by atoms with Crippen LogP contribution in [0.3, 0.4) is 0 Å². The molecule has 2 rings (SSSR count). The molecule has 0 aliphatic heterocycles. The molecule has 0 aliphatic carbocycles. The largest absolute Gasteiger partial charge is 0.408 e. The molecule has 112 valence electrons. The summed E-state index contributed by atoms with van der Waals surface area (Å²) in [4.78, 5) is 0. The van der Waals surface area contributed by atoms with Crippen molar-refractivity contribution in [2.24, 2.45) is 5.92 Å². The van der Waals surface area contributed by atoms with E-state index in [1.54, 1.807) is 0 Å². The molecule has 0 N–H and O–H groups in total. The quantitative estimate of drug-likeness (QED) is 0.557. The van der Waals surface area contributed by atoms with E-state index in [1.165, 1.54) is 16.8 Å². The minimum Gasteiger partial charge on any atom is -0.408 e. The van der Waals surface area contributed by atoms with Crippen LogP contribution in [0.15, 0.2) is 60.7 Å². The monoisotopic (exact) mass is 298 g/mol. The van der Waals surface area contributed by atoms with Gasteiger partial charge >= 0.3 is 0 Å². The first-order valence-electron chi connectivity index (χ1n) is 7.88. The van der Waals surface area contributed by atoms with Gasteiger partial charge in [0.25, 0.3) is 8.32 Å². The summed E-state index contributed by atoms with van der Waals surface area (Å²) in [7, 11) is -2.07. The molecular formula is C19H26OSi. The Morgan fingerprint density at radius 1 is 0.857 bits per heavy atom. The molecule has 0 spiro atoms. The summed E-state index contributed by atoms with van der Waals surface area (Å²) in [6.45, 7) is 7.70. The van der Waals surface area contributed by atoms with Crippen LogP contribution in [0.5, 0.6) is 0 Å². The van der Waals surface area contributed by atoms with Gasteiger partial charge in [-0.15, -0.1) is 0 Å². The van der Waals surface area contributed by atoms with Gasteiger partial charge in [0, 0.05) is 6.61 Å². The Labute approximate surface area is 130 Å². The maximum atomic E-state index is 6.49. The van der Waals surface area contributed by atoms with Gasteiger partial charge in [-0.1, -0.05) is 74.5 Å². The normalized spacial score (nSPS) is 11.8. The molecule has 0 saturated heterocycles. The molecule has 1 nitrogen and oxygen atoms in total. The van der Waals surface area contributed by atoms with Crippen LogP contribution in [-0.2, 0) is 4.43 Å². The topological polar surface area (TPSA) is 9.23 Å². The second-order valence-electron chi connectivity index (χ2n) is 6.15. The third kappa shape index (κ3) is 4.29. The fourth-order valence-electron chi connectivity index (χ4n) is 2.61. The Morgan fingerprint density at radius 2 is 1.33 bits per heavy atom. The van der Waals surface area contributed by atoms with Crippen LogP contribution >= 0.6 is 0 Å². The highest BCUT2D eigenvalue weighted by Gasteiger charge is 2.33. The molecule has 0 amide bonds. The number of benzene rings is 2. The van der Waals surface area contributed by atoms with Crippen molar-refractivity contribution < 1.29 is 4.43 Å². The van der Waals surface area contributed by atoms with Gasteiger partial charge in [-0.05, 0) is 35.7 Å². The summed E-state index contributed by atoms with van der Waals surface area (Å²) in [5.74, 6) is 0.745. The minimum atomic E-state index is -2.07. The third-order valence-corrected chi connectivity index (χ3v) is 7.62. The molecule has 0 heterocycles. The van der Waals surface area contributed by atoms with E-state index in [4.69, 9.17) is 4.43 Å². The lowest BCUT2D eigenvalue weighted by Gasteiger charge is -2.28. The van der Waals surface area contributed by atoms with E-state index in [-0.39, 0.29) is 0 Å². The molecule has 0 radical (unpaired) electrons. The number of rotatable bonds is 7. The summed E-state index contributed by atoms with van der Waals surface area (Å²) in [5.41, 5.74) is 0. The Morgan fingerprint density at radius 3 is 1.76 bits per heavy atom. The second kappa shape index (κ2) is 7.58. The standard InChI is InChI=1S/C19H26OSi/c1-17(2)11-10-16-20-21(3,18-12-6-4-7-13-18)19-14-8-5-9-15-19/h4-9,12-15,17H,10-11,16H2,1-3H3. The van der Waals surface area contributed by atoms with Crippen molar-refractivity contribution >= 4 is 18.7 Å². The summed E-state index contributed by atoms with van der Waals surface area (Å²) >= 11 is 0. The zero-order chi connectivity index (χ0) is 15.1. The Balaban J connectivity index is 2.19. The summed E-state index contributed by atoms with van der Waals surface area (Å²) in [5, 5.41) is 2.70. The fourth-order valence-corrected chi connectivity index (χ4v) is 5.49. The molecule has 2 aromatic rings. The lowest BCUT2D eigenvalue weighted by atomic mass is 10.1. The van der Waals surface area contributed by atoms with E-state index < -0.39 is 8.32 Å². The van der Waals surface area contributed by atoms with Crippen LogP contribution in [0.4, 0.5) is 0 Å².